The number of rotatable bonds is 4. The molecule has 0 spiro atoms. The third kappa shape index (κ3) is 2.94. The number of hydrogen-bond acceptors (Lipinski definition) is 6. The van der Waals surface area contributed by atoms with Crippen LogP contribution in [0.1, 0.15) is 10.4 Å². The second kappa shape index (κ2) is 6.71. The highest BCUT2D eigenvalue weighted by atomic mass is 16.5. The van der Waals surface area contributed by atoms with Crippen molar-refractivity contribution in [3.05, 3.63) is 72.4 Å². The molecule has 0 unspecified atom stereocenters. The first kappa shape index (κ1) is 16.9. The molecule has 5 aromatic rings. The van der Waals surface area contributed by atoms with Crippen molar-refractivity contribution in [3.8, 4) is 11.4 Å². The van der Waals surface area contributed by atoms with Gasteiger partial charge in [-0.1, -0.05) is 17.3 Å². The molecular weight excluding hydrogens is 370 g/mol. The Morgan fingerprint density at radius 3 is 2.69 bits per heavy atom. The maximum absolute atomic E-state index is 12.5. The number of anilines is 1. The smallest absolute Gasteiger partial charge is 0.258 e. The molecule has 0 atom stereocenters. The van der Waals surface area contributed by atoms with Crippen molar-refractivity contribution in [2.24, 2.45) is 0 Å². The summed E-state index contributed by atoms with van der Waals surface area (Å²) in [6.45, 7) is 0. The number of methoxy groups -OCH3 is 1. The van der Waals surface area contributed by atoms with E-state index in [1.807, 2.05) is 36.4 Å². The van der Waals surface area contributed by atoms with Crippen LogP contribution in [0.2, 0.25) is 0 Å². The third-order valence-electron chi connectivity index (χ3n) is 4.50. The lowest BCUT2D eigenvalue weighted by Gasteiger charge is -2.03. The van der Waals surface area contributed by atoms with E-state index < -0.39 is 0 Å². The maximum atomic E-state index is 12.5. The van der Waals surface area contributed by atoms with Crippen LogP contribution in [0.3, 0.4) is 0 Å². The zero-order chi connectivity index (χ0) is 19.8. The summed E-state index contributed by atoms with van der Waals surface area (Å²) in [6, 6.07) is 18.2. The van der Waals surface area contributed by atoms with Crippen LogP contribution in [-0.4, -0.2) is 42.6 Å². The van der Waals surface area contributed by atoms with E-state index in [4.69, 9.17) is 4.74 Å². The molecule has 0 bridgehead atoms. The highest BCUT2D eigenvalue weighted by Gasteiger charge is 2.15. The van der Waals surface area contributed by atoms with Gasteiger partial charge in [-0.2, -0.15) is 4.98 Å². The lowest BCUT2D eigenvalue weighted by atomic mass is 10.2. The molecule has 5 rings (SSSR count). The van der Waals surface area contributed by atoms with Gasteiger partial charge in [0.15, 0.2) is 5.65 Å². The molecular formula is C20H15N7O2. The monoisotopic (exact) mass is 385 g/mol. The average Bonchev–Trinajstić information content (AvgIpc) is 3.37. The fourth-order valence-corrected chi connectivity index (χ4v) is 3.07. The standard InChI is InChI=1S/C20H15N7O2/c1-29-14-10-8-13(9-11-14)19(28)22-20-21-18-17(7-4-12-26(18)24-20)27-16-6-3-2-5-15(16)23-25-27/h2-12H,1H3,(H,22,24,28). The molecule has 0 fully saturated rings. The molecule has 0 aliphatic carbocycles. The van der Waals surface area contributed by atoms with E-state index in [-0.39, 0.29) is 11.9 Å². The molecule has 0 saturated heterocycles. The molecule has 0 saturated carbocycles. The Hall–Kier alpha value is -4.27. The SMILES string of the molecule is COc1ccc(C(=O)Nc2nc3c(-n4nnc5ccccc54)cccn3n2)cc1. The van der Waals surface area contributed by atoms with Crippen LogP contribution < -0.4 is 10.1 Å². The number of nitrogens with zero attached hydrogens (tertiary/aromatic N) is 6. The number of para-hydroxylation sites is 1. The summed E-state index contributed by atoms with van der Waals surface area (Å²) in [5, 5.41) is 15.5. The van der Waals surface area contributed by atoms with Crippen molar-refractivity contribution in [3.63, 3.8) is 0 Å². The minimum absolute atomic E-state index is 0.197. The van der Waals surface area contributed by atoms with E-state index in [9.17, 15) is 4.79 Å². The summed E-state index contributed by atoms with van der Waals surface area (Å²) in [7, 11) is 1.57. The summed E-state index contributed by atoms with van der Waals surface area (Å²) in [6.07, 6.45) is 1.76. The van der Waals surface area contributed by atoms with Gasteiger partial charge < -0.3 is 4.74 Å². The van der Waals surface area contributed by atoms with Crippen LogP contribution in [0.5, 0.6) is 5.75 Å². The minimum atomic E-state index is -0.309. The number of carbonyl (C=O) groups is 1. The van der Waals surface area contributed by atoms with Crippen LogP contribution in [0.15, 0.2) is 66.9 Å². The van der Waals surface area contributed by atoms with E-state index in [0.717, 1.165) is 11.0 Å². The molecule has 0 aliphatic heterocycles. The first-order chi connectivity index (χ1) is 14.2. The molecule has 3 heterocycles. The molecule has 2 aromatic carbocycles. The molecule has 142 valence electrons. The lowest BCUT2D eigenvalue weighted by molar-refractivity contribution is 0.102. The maximum Gasteiger partial charge on any atom is 0.258 e. The van der Waals surface area contributed by atoms with Crippen LogP contribution in [0.25, 0.3) is 22.4 Å². The Labute approximate surface area is 164 Å². The number of fused-ring (bicyclic) bond motifs is 2. The minimum Gasteiger partial charge on any atom is -0.497 e. The van der Waals surface area contributed by atoms with Gasteiger partial charge in [0, 0.05) is 11.8 Å². The van der Waals surface area contributed by atoms with Gasteiger partial charge in [0.25, 0.3) is 5.91 Å². The van der Waals surface area contributed by atoms with E-state index in [2.05, 4.69) is 25.7 Å². The highest BCUT2D eigenvalue weighted by Crippen LogP contribution is 2.20. The Kier molecular flexibility index (Phi) is 3.91. The van der Waals surface area contributed by atoms with Crippen LogP contribution >= 0.6 is 0 Å². The van der Waals surface area contributed by atoms with Gasteiger partial charge in [0.05, 0.1) is 12.6 Å². The predicted molar refractivity (Wildman–Crippen MR) is 106 cm³/mol. The lowest BCUT2D eigenvalue weighted by Crippen LogP contribution is -2.12. The number of hydrogen-bond donors (Lipinski definition) is 1. The van der Waals surface area contributed by atoms with Gasteiger partial charge in [0.2, 0.25) is 5.95 Å². The van der Waals surface area contributed by atoms with Crippen molar-refractivity contribution in [1.82, 2.24) is 29.6 Å². The second-order valence-electron chi connectivity index (χ2n) is 6.27. The number of amides is 1. The Morgan fingerprint density at radius 2 is 1.86 bits per heavy atom. The number of carbonyl (C=O) groups excluding carboxylic acids is 1. The topological polar surface area (TPSA) is 99.2 Å². The number of benzene rings is 2. The Balaban J connectivity index is 1.51. The molecule has 9 nitrogen and oxygen atoms in total. The molecule has 29 heavy (non-hydrogen) atoms. The van der Waals surface area contributed by atoms with Crippen molar-refractivity contribution in [1.29, 1.82) is 0 Å². The molecule has 1 N–H and O–H groups in total. The molecule has 3 aromatic heterocycles. The molecule has 0 radical (unpaired) electrons. The van der Waals surface area contributed by atoms with E-state index in [1.165, 1.54) is 0 Å². The Bertz CT molecular complexity index is 1340. The van der Waals surface area contributed by atoms with Crippen LogP contribution in [0, 0.1) is 0 Å². The first-order valence-electron chi connectivity index (χ1n) is 8.84. The van der Waals surface area contributed by atoms with Crippen molar-refractivity contribution in [2.75, 3.05) is 12.4 Å². The van der Waals surface area contributed by atoms with Crippen molar-refractivity contribution in [2.45, 2.75) is 0 Å². The first-order valence-corrected chi connectivity index (χ1v) is 8.84. The fourth-order valence-electron chi connectivity index (χ4n) is 3.07. The average molecular weight is 385 g/mol. The third-order valence-corrected chi connectivity index (χ3v) is 4.50. The number of pyridine rings is 1. The van der Waals surface area contributed by atoms with Crippen molar-refractivity contribution >= 4 is 28.5 Å². The summed E-state index contributed by atoms with van der Waals surface area (Å²) in [4.78, 5) is 17.0. The summed E-state index contributed by atoms with van der Waals surface area (Å²) < 4.78 is 8.41. The van der Waals surface area contributed by atoms with Crippen LogP contribution in [0.4, 0.5) is 5.95 Å². The van der Waals surface area contributed by atoms with Gasteiger partial charge in [-0.15, -0.1) is 10.2 Å². The van der Waals surface area contributed by atoms with E-state index >= 15 is 0 Å². The second-order valence-corrected chi connectivity index (χ2v) is 6.27. The summed E-state index contributed by atoms with van der Waals surface area (Å²) >= 11 is 0. The zero-order valence-electron chi connectivity index (χ0n) is 15.4. The van der Waals surface area contributed by atoms with Gasteiger partial charge in [-0.25, -0.2) is 9.20 Å². The zero-order valence-corrected chi connectivity index (χ0v) is 15.4. The van der Waals surface area contributed by atoms with Gasteiger partial charge in [-0.3, -0.25) is 10.1 Å². The van der Waals surface area contributed by atoms with Gasteiger partial charge in [0.1, 0.15) is 17.0 Å². The molecule has 1 amide bonds. The Morgan fingerprint density at radius 1 is 1.03 bits per heavy atom. The van der Waals surface area contributed by atoms with Crippen molar-refractivity contribution < 1.29 is 9.53 Å². The number of aromatic nitrogens is 6. The predicted octanol–water partition coefficient (Wildman–Crippen LogP) is 2.72. The fraction of sp³-hybridized carbons (Fsp3) is 0.0500. The normalized spacial score (nSPS) is 11.1. The summed E-state index contributed by atoms with van der Waals surface area (Å²) in [5.41, 5.74) is 3.37. The van der Waals surface area contributed by atoms with E-state index in [0.29, 0.717) is 22.6 Å². The van der Waals surface area contributed by atoms with E-state index in [1.54, 1.807) is 46.8 Å². The van der Waals surface area contributed by atoms with Gasteiger partial charge in [-0.05, 0) is 48.5 Å². The van der Waals surface area contributed by atoms with Crippen LogP contribution in [-0.2, 0) is 0 Å². The molecule has 0 aliphatic rings. The quantitative estimate of drug-likeness (QED) is 0.511. The van der Waals surface area contributed by atoms with Gasteiger partial charge >= 0.3 is 0 Å². The molecule has 9 heteroatoms. The highest BCUT2D eigenvalue weighted by molar-refractivity contribution is 6.03. The number of ether oxygens (including phenoxy) is 1. The largest absolute Gasteiger partial charge is 0.497 e. The number of nitrogens with one attached hydrogen (secondary N) is 1. The summed E-state index contributed by atoms with van der Waals surface area (Å²) in [5.74, 6) is 0.566.